The van der Waals surface area contributed by atoms with E-state index < -0.39 is 0 Å². The van der Waals surface area contributed by atoms with E-state index in [2.05, 4.69) is 0 Å². The summed E-state index contributed by atoms with van der Waals surface area (Å²) in [6, 6.07) is 0. The molecule has 0 unspecified atom stereocenters. The Balaban J connectivity index is 2.41. The fourth-order valence-electron chi connectivity index (χ4n) is 1.94. The summed E-state index contributed by atoms with van der Waals surface area (Å²) in [5, 5.41) is 0.247. The van der Waals surface area contributed by atoms with Crippen LogP contribution in [-0.4, -0.2) is 11.2 Å². The maximum Gasteiger partial charge on any atom is 0.130 e. The molecule has 0 radical (unpaired) electrons. The highest BCUT2D eigenvalue weighted by atomic mass is 35.5. The minimum atomic E-state index is 0.247. The number of alkyl halides is 1. The number of halogens is 1. The van der Waals surface area contributed by atoms with Gasteiger partial charge in [0, 0.05) is 11.8 Å². The van der Waals surface area contributed by atoms with E-state index in [9.17, 15) is 4.79 Å². The van der Waals surface area contributed by atoms with Crippen LogP contribution in [0.4, 0.5) is 0 Å². The number of carbonyl (C=O) groups excluding carboxylic acids is 1. The molecule has 0 bridgehead atoms. The minimum Gasteiger partial charge on any atom is -0.300 e. The van der Waals surface area contributed by atoms with E-state index >= 15 is 0 Å². The molecule has 0 aliphatic heterocycles. The van der Waals surface area contributed by atoms with Crippen LogP contribution >= 0.6 is 11.6 Å². The summed E-state index contributed by atoms with van der Waals surface area (Å²) in [6.07, 6.45) is 6.71. The largest absolute Gasteiger partial charge is 0.300 e. The normalized spacial score (nSPS) is 31.2. The molecule has 0 aromatic carbocycles. The van der Waals surface area contributed by atoms with Gasteiger partial charge in [0.2, 0.25) is 0 Å². The van der Waals surface area contributed by atoms with Crippen LogP contribution < -0.4 is 0 Å². The molecule has 0 heterocycles. The molecule has 1 fully saturated rings. The zero-order chi connectivity index (χ0) is 8.97. The SMILES string of the molecule is CC(=O)C[C@@H]1CCCCC[C@H]1Cl. The minimum absolute atomic E-state index is 0.247. The lowest BCUT2D eigenvalue weighted by Crippen LogP contribution is -2.16. The van der Waals surface area contributed by atoms with Crippen molar-refractivity contribution in [3.05, 3.63) is 0 Å². The first kappa shape index (κ1) is 10.0. The third-order valence-corrected chi connectivity index (χ3v) is 3.19. The molecule has 0 amide bonds. The molecule has 70 valence electrons. The highest BCUT2D eigenvalue weighted by Crippen LogP contribution is 2.29. The smallest absolute Gasteiger partial charge is 0.130 e. The summed E-state index contributed by atoms with van der Waals surface area (Å²) in [7, 11) is 0. The molecule has 2 atom stereocenters. The molecule has 1 aliphatic carbocycles. The Labute approximate surface area is 79.5 Å². The summed E-state index contributed by atoms with van der Waals surface area (Å²) in [6.45, 7) is 1.66. The predicted octanol–water partition coefficient (Wildman–Crippen LogP) is 3.15. The van der Waals surface area contributed by atoms with Crippen LogP contribution in [0.1, 0.15) is 45.4 Å². The fourth-order valence-corrected chi connectivity index (χ4v) is 2.31. The standard InChI is InChI=1S/C10H17ClO/c1-8(12)7-9-5-3-2-4-6-10(9)11/h9-10H,2-7H2,1H3/t9-,10+/m0/s1. The molecule has 0 aromatic rings. The molecule has 1 aliphatic rings. The van der Waals surface area contributed by atoms with Crippen LogP contribution in [-0.2, 0) is 4.79 Å². The van der Waals surface area contributed by atoms with Crippen molar-refractivity contribution in [1.82, 2.24) is 0 Å². The van der Waals surface area contributed by atoms with Gasteiger partial charge < -0.3 is 4.79 Å². The molecule has 0 saturated heterocycles. The summed E-state index contributed by atoms with van der Waals surface area (Å²) in [5.74, 6) is 0.735. The number of Topliss-reactive ketones (excluding diaryl/α,β-unsaturated/α-hetero) is 1. The maximum absolute atomic E-state index is 10.9. The molecule has 2 heteroatoms. The van der Waals surface area contributed by atoms with Crippen LogP contribution in [0.3, 0.4) is 0 Å². The van der Waals surface area contributed by atoms with E-state index in [1.165, 1.54) is 19.3 Å². The van der Waals surface area contributed by atoms with E-state index in [0.717, 1.165) is 12.8 Å². The average Bonchev–Trinajstić information content (AvgIpc) is 2.16. The maximum atomic E-state index is 10.9. The van der Waals surface area contributed by atoms with Crippen molar-refractivity contribution in [2.24, 2.45) is 5.92 Å². The zero-order valence-corrected chi connectivity index (χ0v) is 8.44. The molecule has 1 rings (SSSR count). The van der Waals surface area contributed by atoms with Crippen molar-refractivity contribution in [1.29, 1.82) is 0 Å². The first-order chi connectivity index (χ1) is 5.70. The molecular formula is C10H17ClO. The number of hydrogen-bond donors (Lipinski definition) is 0. The van der Waals surface area contributed by atoms with E-state index in [1.54, 1.807) is 6.92 Å². The van der Waals surface area contributed by atoms with Crippen molar-refractivity contribution >= 4 is 17.4 Å². The van der Waals surface area contributed by atoms with Crippen molar-refractivity contribution in [2.75, 3.05) is 0 Å². The molecule has 1 saturated carbocycles. The second-order valence-electron chi connectivity index (χ2n) is 3.82. The van der Waals surface area contributed by atoms with Crippen molar-refractivity contribution in [3.8, 4) is 0 Å². The second kappa shape index (κ2) is 4.86. The van der Waals surface area contributed by atoms with Crippen LogP contribution in [0.15, 0.2) is 0 Å². The van der Waals surface area contributed by atoms with Gasteiger partial charge >= 0.3 is 0 Å². The Hall–Kier alpha value is -0.0400. The Kier molecular flexibility index (Phi) is 4.07. The number of rotatable bonds is 2. The quantitative estimate of drug-likeness (QED) is 0.481. The second-order valence-corrected chi connectivity index (χ2v) is 4.38. The van der Waals surface area contributed by atoms with Gasteiger partial charge in [-0.15, -0.1) is 11.6 Å². The van der Waals surface area contributed by atoms with Crippen molar-refractivity contribution < 1.29 is 4.79 Å². The van der Waals surface area contributed by atoms with Gasteiger partial charge in [0.15, 0.2) is 0 Å². The lowest BCUT2D eigenvalue weighted by Gasteiger charge is -2.17. The third-order valence-electron chi connectivity index (χ3n) is 2.62. The summed E-state index contributed by atoms with van der Waals surface area (Å²) < 4.78 is 0. The molecule has 1 nitrogen and oxygen atoms in total. The van der Waals surface area contributed by atoms with Gasteiger partial charge in [-0.2, -0.15) is 0 Å². The van der Waals surface area contributed by atoms with E-state index in [0.29, 0.717) is 12.3 Å². The van der Waals surface area contributed by atoms with Gasteiger partial charge in [-0.25, -0.2) is 0 Å². The Bertz CT molecular complexity index is 156. The topological polar surface area (TPSA) is 17.1 Å². The van der Waals surface area contributed by atoms with Gasteiger partial charge in [0.05, 0.1) is 0 Å². The van der Waals surface area contributed by atoms with E-state index in [4.69, 9.17) is 11.6 Å². The lowest BCUT2D eigenvalue weighted by molar-refractivity contribution is -0.117. The molecule has 0 N–H and O–H groups in total. The van der Waals surface area contributed by atoms with E-state index in [1.807, 2.05) is 0 Å². The Morgan fingerprint density at radius 3 is 2.67 bits per heavy atom. The summed E-state index contributed by atoms with van der Waals surface area (Å²) >= 11 is 6.18. The fraction of sp³-hybridized carbons (Fsp3) is 0.900. The molecule has 0 aromatic heterocycles. The van der Waals surface area contributed by atoms with Crippen LogP contribution in [0.25, 0.3) is 0 Å². The van der Waals surface area contributed by atoms with Crippen LogP contribution in [0.2, 0.25) is 0 Å². The highest BCUT2D eigenvalue weighted by Gasteiger charge is 2.22. The number of hydrogen-bond acceptors (Lipinski definition) is 1. The Morgan fingerprint density at radius 1 is 1.33 bits per heavy atom. The van der Waals surface area contributed by atoms with Crippen molar-refractivity contribution in [2.45, 2.75) is 50.8 Å². The van der Waals surface area contributed by atoms with E-state index in [-0.39, 0.29) is 11.2 Å². The highest BCUT2D eigenvalue weighted by molar-refractivity contribution is 6.20. The lowest BCUT2D eigenvalue weighted by atomic mass is 9.94. The zero-order valence-electron chi connectivity index (χ0n) is 7.68. The van der Waals surface area contributed by atoms with Gasteiger partial charge in [0.25, 0.3) is 0 Å². The van der Waals surface area contributed by atoms with Crippen LogP contribution in [0, 0.1) is 5.92 Å². The molecular weight excluding hydrogens is 172 g/mol. The van der Waals surface area contributed by atoms with Crippen LogP contribution in [0.5, 0.6) is 0 Å². The first-order valence-corrected chi connectivity index (χ1v) is 5.27. The Morgan fingerprint density at radius 2 is 2.00 bits per heavy atom. The molecule has 12 heavy (non-hydrogen) atoms. The van der Waals surface area contributed by atoms with Gasteiger partial charge in [0.1, 0.15) is 5.78 Å². The average molecular weight is 189 g/mol. The van der Waals surface area contributed by atoms with Gasteiger partial charge in [-0.05, 0) is 25.7 Å². The number of ketones is 1. The summed E-state index contributed by atoms with van der Waals surface area (Å²) in [5.41, 5.74) is 0. The first-order valence-electron chi connectivity index (χ1n) is 4.83. The van der Waals surface area contributed by atoms with Gasteiger partial charge in [-0.3, -0.25) is 0 Å². The molecule has 0 spiro atoms. The summed E-state index contributed by atoms with van der Waals surface area (Å²) in [4.78, 5) is 10.9. The van der Waals surface area contributed by atoms with Crippen molar-refractivity contribution in [3.63, 3.8) is 0 Å². The predicted molar refractivity (Wildman–Crippen MR) is 51.5 cm³/mol. The number of carbonyl (C=O) groups is 1. The third kappa shape index (κ3) is 3.14. The van der Waals surface area contributed by atoms with Gasteiger partial charge in [-0.1, -0.05) is 19.3 Å². The monoisotopic (exact) mass is 188 g/mol.